The third kappa shape index (κ3) is 17.1. The van der Waals surface area contributed by atoms with Gasteiger partial charge in [0, 0.05) is 19.6 Å². The van der Waals surface area contributed by atoms with Gasteiger partial charge in [0.2, 0.25) is 0 Å². The number of rotatable bonds is 5. The summed E-state index contributed by atoms with van der Waals surface area (Å²) in [6, 6.07) is 0. The average Bonchev–Trinajstić information content (AvgIpc) is 2.27. The molecule has 19 heavy (non-hydrogen) atoms. The van der Waals surface area contributed by atoms with Crippen LogP contribution in [0.1, 0.15) is 12.8 Å². The van der Waals surface area contributed by atoms with Gasteiger partial charge < -0.3 is 15.8 Å². The van der Waals surface area contributed by atoms with E-state index in [-0.39, 0.29) is 5.96 Å². The first-order valence-corrected chi connectivity index (χ1v) is 7.26. The van der Waals surface area contributed by atoms with Crippen LogP contribution in [0.2, 0.25) is 0 Å². The van der Waals surface area contributed by atoms with Crippen molar-refractivity contribution in [1.29, 1.82) is 5.41 Å². The number of morpholine rings is 1. The largest absolute Gasteiger partial charge is 0.394 e. The van der Waals surface area contributed by atoms with E-state index in [0.717, 1.165) is 52.2 Å². The second kappa shape index (κ2) is 9.92. The van der Waals surface area contributed by atoms with Crippen LogP contribution in [0, 0.1) is 5.41 Å². The minimum Gasteiger partial charge on any atom is -0.379 e. The number of unbranched alkanes of at least 4 members (excludes halogenated alkanes) is 1. The molecule has 0 bridgehead atoms. The first kappa shape index (κ1) is 18.1. The summed E-state index contributed by atoms with van der Waals surface area (Å²) < 4.78 is 36.8. The SMILES string of the molecule is N=C(N)NCCCCN1CCOCC1.O=S(=O)(O)O. The van der Waals surface area contributed by atoms with Gasteiger partial charge in [-0.15, -0.1) is 0 Å². The summed E-state index contributed by atoms with van der Waals surface area (Å²) in [5.41, 5.74) is 5.16. The molecule has 0 aromatic heterocycles. The first-order valence-electron chi connectivity index (χ1n) is 5.87. The Hall–Kier alpha value is -0.940. The molecule has 0 aliphatic carbocycles. The van der Waals surface area contributed by atoms with Crippen LogP contribution in [-0.4, -0.2) is 67.8 Å². The molecule has 114 valence electrons. The van der Waals surface area contributed by atoms with E-state index in [1.54, 1.807) is 0 Å². The van der Waals surface area contributed by atoms with Gasteiger partial charge in [-0.1, -0.05) is 0 Å². The highest BCUT2D eigenvalue weighted by molar-refractivity contribution is 7.79. The summed E-state index contributed by atoms with van der Waals surface area (Å²) in [6.07, 6.45) is 2.22. The summed E-state index contributed by atoms with van der Waals surface area (Å²) in [7, 11) is -4.67. The summed E-state index contributed by atoms with van der Waals surface area (Å²) in [6.45, 7) is 5.78. The van der Waals surface area contributed by atoms with Gasteiger partial charge >= 0.3 is 10.4 Å². The molecule has 1 aliphatic heterocycles. The summed E-state index contributed by atoms with van der Waals surface area (Å²) in [4.78, 5) is 2.41. The quantitative estimate of drug-likeness (QED) is 0.186. The van der Waals surface area contributed by atoms with E-state index < -0.39 is 10.4 Å². The standard InChI is InChI=1S/C9H20N4O.H2O4S/c10-9(11)12-3-1-2-4-13-5-7-14-8-6-13;1-5(2,3)4/h1-8H2,(H4,10,11,12);(H2,1,2,3,4). The van der Waals surface area contributed by atoms with Crippen molar-refractivity contribution in [2.24, 2.45) is 5.73 Å². The van der Waals surface area contributed by atoms with Crippen LogP contribution in [0.25, 0.3) is 0 Å². The van der Waals surface area contributed by atoms with Crippen LogP contribution in [0.5, 0.6) is 0 Å². The van der Waals surface area contributed by atoms with Crippen molar-refractivity contribution in [3.63, 3.8) is 0 Å². The van der Waals surface area contributed by atoms with Crippen molar-refractivity contribution in [3.8, 4) is 0 Å². The highest BCUT2D eigenvalue weighted by Gasteiger charge is 2.08. The number of nitrogens with one attached hydrogen (secondary N) is 2. The summed E-state index contributed by atoms with van der Waals surface area (Å²) >= 11 is 0. The maximum Gasteiger partial charge on any atom is 0.394 e. The number of nitrogens with two attached hydrogens (primary N) is 1. The van der Waals surface area contributed by atoms with Crippen molar-refractivity contribution in [2.45, 2.75) is 12.8 Å². The van der Waals surface area contributed by atoms with Gasteiger partial charge in [-0.2, -0.15) is 8.42 Å². The topological polar surface area (TPSA) is 149 Å². The Morgan fingerprint density at radius 3 is 2.32 bits per heavy atom. The summed E-state index contributed by atoms with van der Waals surface area (Å²) in [5, 5.41) is 9.77. The third-order valence-corrected chi connectivity index (χ3v) is 2.32. The van der Waals surface area contributed by atoms with Gasteiger partial charge in [-0.3, -0.25) is 19.4 Å². The van der Waals surface area contributed by atoms with E-state index in [1.165, 1.54) is 0 Å². The van der Waals surface area contributed by atoms with Crippen LogP contribution in [0.15, 0.2) is 0 Å². The van der Waals surface area contributed by atoms with Gasteiger partial charge in [0.25, 0.3) is 0 Å². The highest BCUT2D eigenvalue weighted by Crippen LogP contribution is 1.99. The van der Waals surface area contributed by atoms with Gasteiger partial charge in [0.05, 0.1) is 13.2 Å². The fourth-order valence-corrected chi connectivity index (χ4v) is 1.51. The van der Waals surface area contributed by atoms with Crippen molar-refractivity contribution in [1.82, 2.24) is 10.2 Å². The third-order valence-electron chi connectivity index (χ3n) is 2.32. The fraction of sp³-hybridized carbons (Fsp3) is 0.889. The number of ether oxygens (including phenoxy) is 1. The lowest BCUT2D eigenvalue weighted by molar-refractivity contribution is 0.0372. The lowest BCUT2D eigenvalue weighted by atomic mass is 10.3. The van der Waals surface area contributed by atoms with Crippen molar-refractivity contribution < 1.29 is 22.3 Å². The number of guanidine groups is 1. The second-order valence-electron chi connectivity index (χ2n) is 3.95. The Morgan fingerprint density at radius 1 is 1.32 bits per heavy atom. The number of hydrogen-bond acceptors (Lipinski definition) is 5. The predicted molar refractivity (Wildman–Crippen MR) is 70.6 cm³/mol. The van der Waals surface area contributed by atoms with Gasteiger partial charge in [-0.25, -0.2) is 0 Å². The van der Waals surface area contributed by atoms with E-state index in [9.17, 15) is 0 Å². The van der Waals surface area contributed by atoms with Gasteiger partial charge in [0.1, 0.15) is 0 Å². The van der Waals surface area contributed by atoms with Crippen LogP contribution in [0.3, 0.4) is 0 Å². The second-order valence-corrected chi connectivity index (χ2v) is 4.85. The molecule has 1 saturated heterocycles. The molecular formula is C9H22N4O5S. The normalized spacial score (nSPS) is 16.3. The number of hydrogen-bond donors (Lipinski definition) is 5. The van der Waals surface area contributed by atoms with Crippen molar-refractivity contribution >= 4 is 16.4 Å². The zero-order chi connectivity index (χ0) is 14.7. The molecule has 10 heteroatoms. The Balaban J connectivity index is 0.000000555. The minimum absolute atomic E-state index is 0.0661. The molecule has 1 rings (SSSR count). The average molecular weight is 298 g/mol. The maximum absolute atomic E-state index is 8.74. The molecule has 6 N–H and O–H groups in total. The Bertz CT molecular complexity index is 335. The molecule has 0 aromatic rings. The Kier molecular flexibility index (Phi) is 9.43. The van der Waals surface area contributed by atoms with E-state index in [2.05, 4.69) is 10.2 Å². The molecule has 9 nitrogen and oxygen atoms in total. The molecule has 0 spiro atoms. The predicted octanol–water partition coefficient (Wildman–Crippen LogP) is -1.07. The van der Waals surface area contributed by atoms with Crippen molar-refractivity contribution in [3.05, 3.63) is 0 Å². The zero-order valence-electron chi connectivity index (χ0n) is 10.7. The molecule has 1 aliphatic rings. The van der Waals surface area contributed by atoms with E-state index in [0.29, 0.717) is 0 Å². The van der Waals surface area contributed by atoms with Crippen LogP contribution in [-0.2, 0) is 15.1 Å². The maximum atomic E-state index is 8.74. The van der Waals surface area contributed by atoms with Gasteiger partial charge in [-0.05, 0) is 19.4 Å². The molecule has 1 heterocycles. The van der Waals surface area contributed by atoms with Crippen molar-refractivity contribution in [2.75, 3.05) is 39.4 Å². The molecule has 0 amide bonds. The molecule has 1 fully saturated rings. The lowest BCUT2D eigenvalue weighted by Crippen LogP contribution is -2.37. The first-order chi connectivity index (χ1) is 8.79. The molecule has 0 unspecified atom stereocenters. The molecule has 0 aromatic carbocycles. The Morgan fingerprint density at radius 2 is 1.84 bits per heavy atom. The molecule has 0 radical (unpaired) electrons. The van der Waals surface area contributed by atoms with E-state index in [4.69, 9.17) is 33.4 Å². The van der Waals surface area contributed by atoms with Crippen LogP contribution < -0.4 is 11.1 Å². The van der Waals surface area contributed by atoms with E-state index in [1.807, 2.05) is 0 Å². The monoisotopic (exact) mass is 298 g/mol. The lowest BCUT2D eigenvalue weighted by Gasteiger charge is -2.26. The summed E-state index contributed by atoms with van der Waals surface area (Å²) in [5.74, 6) is 0.0661. The smallest absolute Gasteiger partial charge is 0.379 e. The minimum atomic E-state index is -4.67. The Labute approximate surface area is 113 Å². The van der Waals surface area contributed by atoms with Crippen LogP contribution >= 0.6 is 0 Å². The molecule has 0 saturated carbocycles. The fourth-order valence-electron chi connectivity index (χ4n) is 1.51. The number of nitrogens with zero attached hydrogens (tertiary/aromatic N) is 1. The zero-order valence-corrected chi connectivity index (χ0v) is 11.5. The highest BCUT2D eigenvalue weighted by atomic mass is 32.3. The molecule has 0 atom stereocenters. The van der Waals surface area contributed by atoms with Crippen LogP contribution in [0.4, 0.5) is 0 Å². The van der Waals surface area contributed by atoms with E-state index >= 15 is 0 Å². The van der Waals surface area contributed by atoms with Gasteiger partial charge in [0.15, 0.2) is 5.96 Å². The molecular weight excluding hydrogens is 276 g/mol.